The highest BCUT2D eigenvalue weighted by Gasteiger charge is 2.26. The van der Waals surface area contributed by atoms with Crippen LogP contribution in [-0.4, -0.2) is 86.3 Å². The first-order valence-electron chi connectivity index (χ1n) is 10.9. The Hall–Kier alpha value is -1.84. The van der Waals surface area contributed by atoms with Crippen LogP contribution in [-0.2, 0) is 27.7 Å². The molecule has 2 heterocycles. The largest absolute Gasteiger partial charge is 0.494 e. The minimum absolute atomic E-state index is 0.234. The maximum absolute atomic E-state index is 12.1. The fourth-order valence-corrected chi connectivity index (χ4v) is 4.63. The summed E-state index contributed by atoms with van der Waals surface area (Å²) in [4.78, 5) is 16.3. The molecule has 1 amide bonds. The molecule has 174 valence electrons. The van der Waals surface area contributed by atoms with Gasteiger partial charge in [-0.15, -0.1) is 0 Å². The Labute approximate surface area is 186 Å². The molecule has 1 saturated heterocycles. The molecule has 8 nitrogen and oxygen atoms in total. The highest BCUT2D eigenvalue weighted by atomic mass is 32.2. The van der Waals surface area contributed by atoms with Gasteiger partial charge in [-0.1, -0.05) is 6.07 Å². The molecule has 0 unspecified atom stereocenters. The molecule has 0 aromatic heterocycles. The number of hydrogen-bond donors (Lipinski definition) is 0. The monoisotopic (exact) mass is 453 g/mol. The van der Waals surface area contributed by atoms with E-state index in [0.29, 0.717) is 39.2 Å². The summed E-state index contributed by atoms with van der Waals surface area (Å²) < 4.78 is 36.4. The van der Waals surface area contributed by atoms with Crippen LogP contribution in [0.15, 0.2) is 18.2 Å². The molecule has 9 heteroatoms. The van der Waals surface area contributed by atoms with Crippen molar-refractivity contribution in [2.24, 2.45) is 0 Å². The van der Waals surface area contributed by atoms with Gasteiger partial charge in [0.1, 0.15) is 11.4 Å². The van der Waals surface area contributed by atoms with Gasteiger partial charge in [-0.05, 0) is 56.9 Å². The highest BCUT2D eigenvalue weighted by molar-refractivity contribution is 7.88. The predicted octanol–water partition coefficient (Wildman–Crippen LogP) is 2.33. The van der Waals surface area contributed by atoms with E-state index >= 15 is 0 Å². The number of carbonyl (C=O) groups is 1. The van der Waals surface area contributed by atoms with Crippen molar-refractivity contribution in [2.45, 2.75) is 45.8 Å². The van der Waals surface area contributed by atoms with Crippen LogP contribution in [0.5, 0.6) is 5.75 Å². The van der Waals surface area contributed by atoms with Crippen LogP contribution in [0.3, 0.4) is 0 Å². The van der Waals surface area contributed by atoms with E-state index in [4.69, 9.17) is 9.47 Å². The number of hydrogen-bond acceptors (Lipinski definition) is 6. The van der Waals surface area contributed by atoms with Crippen LogP contribution < -0.4 is 4.74 Å². The first-order chi connectivity index (χ1) is 14.5. The number of sulfonamides is 1. The smallest absolute Gasteiger partial charge is 0.410 e. The normalized spacial score (nSPS) is 18.5. The second-order valence-corrected chi connectivity index (χ2v) is 11.3. The van der Waals surface area contributed by atoms with E-state index in [1.807, 2.05) is 39.0 Å². The third kappa shape index (κ3) is 7.08. The molecule has 1 aromatic carbocycles. The molecule has 2 aliphatic rings. The second-order valence-electron chi connectivity index (χ2n) is 9.29. The van der Waals surface area contributed by atoms with E-state index in [2.05, 4.69) is 4.90 Å². The number of fused-ring (bicyclic) bond motifs is 1. The van der Waals surface area contributed by atoms with Crippen molar-refractivity contribution in [3.05, 3.63) is 29.3 Å². The maximum atomic E-state index is 12.1. The van der Waals surface area contributed by atoms with Crippen LogP contribution in [0, 0.1) is 0 Å². The number of nitrogens with zero attached hydrogens (tertiary/aromatic N) is 3. The molecule has 0 aliphatic carbocycles. The molecule has 0 saturated carbocycles. The summed E-state index contributed by atoms with van der Waals surface area (Å²) >= 11 is 0. The summed E-state index contributed by atoms with van der Waals surface area (Å²) in [7, 11) is -3.15. The molecular weight excluding hydrogens is 418 g/mol. The fourth-order valence-electron chi connectivity index (χ4n) is 3.84. The summed E-state index contributed by atoms with van der Waals surface area (Å²) in [5.41, 5.74) is 1.75. The van der Waals surface area contributed by atoms with Gasteiger partial charge in [-0.2, -0.15) is 4.31 Å². The van der Waals surface area contributed by atoms with Crippen LogP contribution in [0.1, 0.15) is 38.3 Å². The summed E-state index contributed by atoms with van der Waals surface area (Å²) in [6.07, 6.45) is 2.64. The molecule has 0 radical (unpaired) electrons. The standard InChI is InChI=1S/C22H35N3O5S/c1-22(2,3)30-21(26)24-13-11-23(12-14-24)9-5-15-29-20-7-6-19-17-25(31(4,27)28)10-8-18(19)16-20/h6-7,16H,5,8-15,17H2,1-4H3. The van der Waals surface area contributed by atoms with Crippen molar-refractivity contribution in [2.75, 3.05) is 52.1 Å². The van der Waals surface area contributed by atoms with Crippen LogP contribution >= 0.6 is 0 Å². The number of piperazine rings is 1. The van der Waals surface area contributed by atoms with E-state index in [0.717, 1.165) is 42.9 Å². The van der Waals surface area contributed by atoms with Gasteiger partial charge in [-0.3, -0.25) is 4.90 Å². The Bertz CT molecular complexity index is 874. The lowest BCUT2D eigenvalue weighted by molar-refractivity contribution is 0.0142. The molecule has 2 aliphatic heterocycles. The van der Waals surface area contributed by atoms with E-state index in [-0.39, 0.29) is 6.09 Å². The first kappa shape index (κ1) is 23.8. The van der Waals surface area contributed by atoms with Crippen molar-refractivity contribution >= 4 is 16.1 Å². The van der Waals surface area contributed by atoms with Crippen molar-refractivity contribution in [1.29, 1.82) is 0 Å². The van der Waals surface area contributed by atoms with Crippen molar-refractivity contribution in [3.63, 3.8) is 0 Å². The average Bonchev–Trinajstić information content (AvgIpc) is 2.69. The zero-order chi connectivity index (χ0) is 22.6. The van der Waals surface area contributed by atoms with Gasteiger partial charge in [0.2, 0.25) is 10.0 Å². The average molecular weight is 454 g/mol. The lowest BCUT2D eigenvalue weighted by atomic mass is 10.0. The summed E-state index contributed by atoms with van der Waals surface area (Å²) in [5, 5.41) is 0. The predicted molar refractivity (Wildman–Crippen MR) is 120 cm³/mol. The first-order valence-corrected chi connectivity index (χ1v) is 12.8. The quantitative estimate of drug-likeness (QED) is 0.615. The third-order valence-corrected chi connectivity index (χ3v) is 6.79. The summed E-state index contributed by atoms with van der Waals surface area (Å²) in [5.74, 6) is 0.835. The molecule has 3 rings (SSSR count). The Morgan fingerprint density at radius 3 is 2.42 bits per heavy atom. The number of amides is 1. The fraction of sp³-hybridized carbons (Fsp3) is 0.682. The lowest BCUT2D eigenvalue weighted by Gasteiger charge is -2.35. The Morgan fingerprint density at radius 1 is 1.06 bits per heavy atom. The lowest BCUT2D eigenvalue weighted by Crippen LogP contribution is -2.50. The number of rotatable bonds is 6. The van der Waals surface area contributed by atoms with Gasteiger partial charge in [0.05, 0.1) is 12.9 Å². The Kier molecular flexibility index (Phi) is 7.49. The molecule has 1 fully saturated rings. The molecular formula is C22H35N3O5S. The minimum Gasteiger partial charge on any atom is -0.494 e. The number of carbonyl (C=O) groups excluding carboxylic acids is 1. The molecule has 0 atom stereocenters. The van der Waals surface area contributed by atoms with Crippen LogP contribution in [0.4, 0.5) is 4.79 Å². The van der Waals surface area contributed by atoms with Crippen LogP contribution in [0.25, 0.3) is 0 Å². The zero-order valence-electron chi connectivity index (χ0n) is 19.1. The minimum atomic E-state index is -3.15. The molecule has 0 bridgehead atoms. The van der Waals surface area contributed by atoms with Crippen molar-refractivity contribution in [1.82, 2.24) is 14.1 Å². The maximum Gasteiger partial charge on any atom is 0.410 e. The van der Waals surface area contributed by atoms with Crippen LogP contribution in [0.2, 0.25) is 0 Å². The van der Waals surface area contributed by atoms with E-state index < -0.39 is 15.6 Å². The number of benzene rings is 1. The summed E-state index contributed by atoms with van der Waals surface area (Å²) in [6.45, 7) is 11.2. The summed E-state index contributed by atoms with van der Waals surface area (Å²) in [6, 6.07) is 5.93. The number of ether oxygens (including phenoxy) is 2. The molecule has 31 heavy (non-hydrogen) atoms. The zero-order valence-corrected chi connectivity index (χ0v) is 19.9. The Morgan fingerprint density at radius 2 is 1.77 bits per heavy atom. The topological polar surface area (TPSA) is 79.4 Å². The van der Waals surface area contributed by atoms with Crippen molar-refractivity contribution < 1.29 is 22.7 Å². The molecule has 1 aromatic rings. The van der Waals surface area contributed by atoms with Gasteiger partial charge in [0.15, 0.2) is 0 Å². The third-order valence-electron chi connectivity index (χ3n) is 5.54. The highest BCUT2D eigenvalue weighted by Crippen LogP contribution is 2.25. The van der Waals surface area contributed by atoms with Gasteiger partial charge in [-0.25, -0.2) is 13.2 Å². The SMILES string of the molecule is CC(C)(C)OC(=O)N1CCN(CCCOc2ccc3c(c2)CCN(S(C)(=O)=O)C3)CC1. The van der Waals surface area contributed by atoms with E-state index in [1.165, 1.54) is 10.6 Å². The second kappa shape index (κ2) is 9.75. The van der Waals surface area contributed by atoms with Gasteiger partial charge < -0.3 is 14.4 Å². The molecule has 0 spiro atoms. The van der Waals surface area contributed by atoms with E-state index in [1.54, 1.807) is 4.90 Å². The Balaban J connectivity index is 1.37. The van der Waals surface area contributed by atoms with Gasteiger partial charge >= 0.3 is 6.09 Å². The molecule has 0 N–H and O–H groups in total. The van der Waals surface area contributed by atoms with E-state index in [9.17, 15) is 13.2 Å². The van der Waals surface area contributed by atoms with Crippen molar-refractivity contribution in [3.8, 4) is 5.75 Å². The van der Waals surface area contributed by atoms with Gasteiger partial charge in [0, 0.05) is 45.8 Å². The van der Waals surface area contributed by atoms with Gasteiger partial charge in [0.25, 0.3) is 0 Å².